The van der Waals surface area contributed by atoms with Crippen LogP contribution in [0.15, 0.2) is 11.4 Å². The van der Waals surface area contributed by atoms with E-state index in [1.807, 2.05) is 5.38 Å². The van der Waals surface area contributed by atoms with Gasteiger partial charge in [-0.3, -0.25) is 4.79 Å². The normalized spacial score (nSPS) is 27.5. The molecule has 3 heteroatoms. The molecule has 2 nitrogen and oxygen atoms in total. The van der Waals surface area contributed by atoms with Gasteiger partial charge in [-0.2, -0.15) is 0 Å². The molecule has 1 saturated carbocycles. The minimum Gasteiger partial charge on any atom is -0.468 e. The number of methoxy groups -OCH3 is 1. The number of carbonyl (C=O) groups is 1. The zero-order valence-corrected chi connectivity index (χ0v) is 10.4. The molecule has 1 aliphatic rings. The molecule has 0 spiro atoms. The SMILES string of the molecule is COC(=O)C1(c2sccc2C)CC1(C)C. The Morgan fingerprint density at radius 1 is 1.53 bits per heavy atom. The molecule has 0 radical (unpaired) electrons. The smallest absolute Gasteiger partial charge is 0.317 e. The van der Waals surface area contributed by atoms with Gasteiger partial charge in [0.25, 0.3) is 0 Å². The fourth-order valence-corrected chi connectivity index (χ4v) is 3.73. The first-order chi connectivity index (χ1) is 6.95. The van der Waals surface area contributed by atoms with Gasteiger partial charge >= 0.3 is 5.97 Å². The lowest BCUT2D eigenvalue weighted by Gasteiger charge is -2.17. The first kappa shape index (κ1) is 10.7. The van der Waals surface area contributed by atoms with Gasteiger partial charge in [0.2, 0.25) is 0 Å². The van der Waals surface area contributed by atoms with Gasteiger partial charge in [-0.25, -0.2) is 0 Å². The predicted molar refractivity (Wildman–Crippen MR) is 61.1 cm³/mol. The first-order valence-corrected chi connectivity index (χ1v) is 5.97. The van der Waals surface area contributed by atoms with Gasteiger partial charge in [0, 0.05) is 4.88 Å². The Kier molecular flexibility index (Phi) is 2.19. The molecule has 1 aromatic rings. The van der Waals surface area contributed by atoms with E-state index >= 15 is 0 Å². The molecule has 0 N–H and O–H groups in total. The van der Waals surface area contributed by atoms with Crippen molar-refractivity contribution in [3.63, 3.8) is 0 Å². The maximum Gasteiger partial charge on any atom is 0.317 e. The lowest BCUT2D eigenvalue weighted by molar-refractivity contribution is -0.144. The van der Waals surface area contributed by atoms with Crippen LogP contribution in [0.4, 0.5) is 0 Å². The van der Waals surface area contributed by atoms with Crippen LogP contribution < -0.4 is 0 Å². The highest BCUT2D eigenvalue weighted by atomic mass is 32.1. The van der Waals surface area contributed by atoms with Crippen molar-refractivity contribution in [3.8, 4) is 0 Å². The Morgan fingerprint density at radius 3 is 2.47 bits per heavy atom. The van der Waals surface area contributed by atoms with Crippen LogP contribution in [-0.4, -0.2) is 13.1 Å². The molecule has 1 aromatic heterocycles. The van der Waals surface area contributed by atoms with Crippen molar-refractivity contribution >= 4 is 17.3 Å². The standard InChI is InChI=1S/C12H16O2S/c1-8-5-6-15-9(8)12(10(13)14-4)7-11(12,2)3/h5-6H,7H2,1-4H3. The van der Waals surface area contributed by atoms with E-state index in [0.717, 1.165) is 6.42 Å². The highest BCUT2D eigenvalue weighted by Crippen LogP contribution is 2.66. The second-order valence-electron chi connectivity index (χ2n) is 4.89. The molecule has 1 fully saturated rings. The molecule has 0 saturated heterocycles. The van der Waals surface area contributed by atoms with Crippen molar-refractivity contribution in [1.82, 2.24) is 0 Å². The van der Waals surface area contributed by atoms with Crippen molar-refractivity contribution in [1.29, 1.82) is 0 Å². The van der Waals surface area contributed by atoms with Crippen LogP contribution >= 0.6 is 11.3 Å². The van der Waals surface area contributed by atoms with Crippen LogP contribution in [0.25, 0.3) is 0 Å². The van der Waals surface area contributed by atoms with E-state index in [4.69, 9.17) is 4.74 Å². The highest BCUT2D eigenvalue weighted by Gasteiger charge is 2.69. The van der Waals surface area contributed by atoms with Gasteiger partial charge in [0.15, 0.2) is 0 Å². The van der Waals surface area contributed by atoms with Crippen LogP contribution in [0.1, 0.15) is 30.7 Å². The summed E-state index contributed by atoms with van der Waals surface area (Å²) in [5.41, 5.74) is 0.867. The monoisotopic (exact) mass is 224 g/mol. The number of aryl methyl sites for hydroxylation is 1. The van der Waals surface area contributed by atoms with Gasteiger partial charge in [-0.05, 0) is 35.8 Å². The van der Waals surface area contributed by atoms with Crippen molar-refractivity contribution in [2.24, 2.45) is 5.41 Å². The first-order valence-electron chi connectivity index (χ1n) is 5.09. The highest BCUT2D eigenvalue weighted by molar-refractivity contribution is 7.10. The second-order valence-corrected chi connectivity index (χ2v) is 5.81. The summed E-state index contributed by atoms with van der Waals surface area (Å²) >= 11 is 1.66. The van der Waals surface area contributed by atoms with Crippen LogP contribution in [0, 0.1) is 12.3 Å². The van der Waals surface area contributed by atoms with Crippen molar-refractivity contribution < 1.29 is 9.53 Å². The summed E-state index contributed by atoms with van der Waals surface area (Å²) in [7, 11) is 1.47. The maximum absolute atomic E-state index is 11.9. The number of ether oxygens (including phenoxy) is 1. The van der Waals surface area contributed by atoms with Gasteiger partial charge in [-0.15, -0.1) is 11.3 Å². The van der Waals surface area contributed by atoms with Crippen molar-refractivity contribution in [3.05, 3.63) is 21.9 Å². The summed E-state index contributed by atoms with van der Waals surface area (Å²) in [5, 5.41) is 2.05. The molecule has 1 unspecified atom stereocenters. The Balaban J connectivity index is 2.48. The molecule has 82 valence electrons. The van der Waals surface area contributed by atoms with Crippen LogP contribution in [-0.2, 0) is 14.9 Å². The number of hydrogen-bond donors (Lipinski definition) is 0. The number of thiophene rings is 1. The maximum atomic E-state index is 11.9. The van der Waals surface area contributed by atoms with Gasteiger partial charge in [0.05, 0.1) is 7.11 Å². The molecule has 1 heterocycles. The molecule has 0 bridgehead atoms. The third-order valence-electron chi connectivity index (χ3n) is 3.52. The Bertz CT molecular complexity index is 406. The summed E-state index contributed by atoms with van der Waals surface area (Å²) in [6.07, 6.45) is 0.897. The summed E-state index contributed by atoms with van der Waals surface area (Å²) in [6.45, 7) is 6.32. The minimum absolute atomic E-state index is 0.0374. The number of carbonyl (C=O) groups excluding carboxylic acids is 1. The zero-order chi connectivity index (χ0) is 11.3. The fourth-order valence-electron chi connectivity index (χ4n) is 2.43. The average Bonchev–Trinajstić information content (AvgIpc) is 2.56. The third kappa shape index (κ3) is 1.26. The van der Waals surface area contributed by atoms with Gasteiger partial charge < -0.3 is 4.74 Å². The topological polar surface area (TPSA) is 26.3 Å². The quantitative estimate of drug-likeness (QED) is 0.722. The second kappa shape index (κ2) is 3.08. The van der Waals surface area contributed by atoms with Crippen molar-refractivity contribution in [2.45, 2.75) is 32.6 Å². The van der Waals surface area contributed by atoms with Crippen LogP contribution in [0.3, 0.4) is 0 Å². The third-order valence-corrected chi connectivity index (χ3v) is 4.70. The lowest BCUT2D eigenvalue weighted by atomic mass is 9.92. The van der Waals surface area contributed by atoms with Crippen LogP contribution in [0.2, 0.25) is 0 Å². The minimum atomic E-state index is -0.375. The lowest BCUT2D eigenvalue weighted by Crippen LogP contribution is -2.27. The summed E-state index contributed by atoms with van der Waals surface area (Å²) < 4.78 is 4.96. The van der Waals surface area contributed by atoms with E-state index in [0.29, 0.717) is 0 Å². The molecule has 2 rings (SSSR count). The molecular formula is C12H16O2S. The van der Waals surface area contributed by atoms with E-state index in [1.54, 1.807) is 11.3 Å². The largest absolute Gasteiger partial charge is 0.468 e. The van der Waals surface area contributed by atoms with Crippen molar-refractivity contribution in [2.75, 3.05) is 7.11 Å². The molecule has 0 aliphatic heterocycles. The van der Waals surface area contributed by atoms with E-state index < -0.39 is 0 Å². The molecule has 0 amide bonds. The van der Waals surface area contributed by atoms with Gasteiger partial charge in [-0.1, -0.05) is 13.8 Å². The Morgan fingerprint density at radius 2 is 2.13 bits per heavy atom. The molecule has 1 atom stereocenters. The van der Waals surface area contributed by atoms with Crippen LogP contribution in [0.5, 0.6) is 0 Å². The summed E-state index contributed by atoms with van der Waals surface area (Å²) in [6, 6.07) is 2.07. The average molecular weight is 224 g/mol. The van der Waals surface area contributed by atoms with E-state index in [-0.39, 0.29) is 16.8 Å². The van der Waals surface area contributed by atoms with E-state index in [9.17, 15) is 4.79 Å². The Hall–Kier alpha value is -0.830. The van der Waals surface area contributed by atoms with Gasteiger partial charge in [0.1, 0.15) is 5.41 Å². The molecule has 1 aliphatic carbocycles. The Labute approximate surface area is 94.3 Å². The summed E-state index contributed by atoms with van der Waals surface area (Å²) in [5.74, 6) is -0.0851. The zero-order valence-electron chi connectivity index (χ0n) is 9.59. The number of rotatable bonds is 2. The van der Waals surface area contributed by atoms with E-state index in [2.05, 4.69) is 26.8 Å². The predicted octanol–water partition coefficient (Wildman–Crippen LogP) is 2.90. The summed E-state index contributed by atoms with van der Waals surface area (Å²) in [4.78, 5) is 13.1. The van der Waals surface area contributed by atoms with E-state index in [1.165, 1.54) is 17.6 Å². The number of hydrogen-bond acceptors (Lipinski definition) is 3. The fraction of sp³-hybridized carbons (Fsp3) is 0.583. The number of esters is 1. The molecule has 15 heavy (non-hydrogen) atoms. The molecule has 0 aromatic carbocycles. The molecular weight excluding hydrogens is 208 g/mol.